The second-order valence-electron chi connectivity index (χ2n) is 9.24. The fraction of sp³-hybridized carbons (Fsp3) is 0.346. The molecule has 0 saturated heterocycles. The Balaban J connectivity index is 1.82. The van der Waals surface area contributed by atoms with Crippen LogP contribution in [0.1, 0.15) is 32.0 Å². The third kappa shape index (κ3) is 6.83. The molecule has 0 aliphatic carbocycles. The molecule has 3 rings (SSSR count). The van der Waals surface area contributed by atoms with Crippen LogP contribution in [0.25, 0.3) is 5.69 Å². The van der Waals surface area contributed by atoms with E-state index in [-0.39, 0.29) is 30.4 Å². The van der Waals surface area contributed by atoms with E-state index >= 15 is 0 Å². The van der Waals surface area contributed by atoms with Crippen molar-refractivity contribution >= 4 is 35.0 Å². The number of aryl methyl sites for hydroxylation is 1. The van der Waals surface area contributed by atoms with Crippen molar-refractivity contribution in [2.75, 3.05) is 37.4 Å². The van der Waals surface area contributed by atoms with E-state index < -0.39 is 0 Å². The van der Waals surface area contributed by atoms with E-state index in [1.807, 2.05) is 76.2 Å². The van der Waals surface area contributed by atoms with Crippen LogP contribution in [0.15, 0.2) is 54.6 Å². The van der Waals surface area contributed by atoms with Crippen molar-refractivity contribution in [3.63, 3.8) is 0 Å². The lowest BCUT2D eigenvalue weighted by atomic mass is 9.92. The summed E-state index contributed by atoms with van der Waals surface area (Å²) in [6, 6.07) is 16.2. The maximum Gasteiger partial charge on any atom is 0.322 e. The van der Waals surface area contributed by atoms with Crippen LogP contribution in [0.3, 0.4) is 0 Å². The number of ether oxygens (including phenoxy) is 1. The minimum absolute atomic E-state index is 0.167. The average molecular weight is 498 g/mol. The Kier molecular flexibility index (Phi) is 8.53. The van der Waals surface area contributed by atoms with Gasteiger partial charge in [0.1, 0.15) is 12.4 Å². The fourth-order valence-corrected chi connectivity index (χ4v) is 3.58. The summed E-state index contributed by atoms with van der Waals surface area (Å²) >= 11 is 6.42. The van der Waals surface area contributed by atoms with Crippen molar-refractivity contribution in [1.29, 1.82) is 0 Å². The number of urea groups is 1. The van der Waals surface area contributed by atoms with Gasteiger partial charge in [-0.15, -0.1) is 0 Å². The first-order valence-corrected chi connectivity index (χ1v) is 11.7. The molecule has 0 spiro atoms. The predicted molar refractivity (Wildman–Crippen MR) is 140 cm³/mol. The number of benzene rings is 2. The van der Waals surface area contributed by atoms with Crippen LogP contribution in [0.4, 0.5) is 16.3 Å². The largest absolute Gasteiger partial charge is 0.383 e. The molecule has 0 saturated carbocycles. The Hall–Kier alpha value is -3.36. The first kappa shape index (κ1) is 26.2. The lowest BCUT2D eigenvalue weighted by Crippen LogP contribution is -2.42. The van der Waals surface area contributed by atoms with Crippen molar-refractivity contribution in [1.82, 2.24) is 14.7 Å². The van der Waals surface area contributed by atoms with Gasteiger partial charge in [0.2, 0.25) is 5.91 Å². The molecule has 0 aliphatic rings. The summed E-state index contributed by atoms with van der Waals surface area (Å²) in [7, 11) is 1.55. The molecule has 0 aliphatic heterocycles. The van der Waals surface area contributed by atoms with Gasteiger partial charge in [0, 0.05) is 30.8 Å². The molecule has 35 heavy (non-hydrogen) atoms. The van der Waals surface area contributed by atoms with E-state index in [1.165, 1.54) is 4.90 Å². The standard InChI is InChI=1S/C26H32ClN5O3/c1-18-10-6-8-12-20(18)28-25(34)31(14-15-35-5)17-24(33)29-23-16-22(26(2,3)4)30-32(23)21-13-9-7-11-19(21)27/h6-13,16H,14-15,17H2,1-5H3,(H,28,34)(H,29,33). The molecule has 2 N–H and O–H groups in total. The van der Waals surface area contributed by atoms with E-state index in [0.717, 1.165) is 11.3 Å². The molecule has 2 aromatic carbocycles. The van der Waals surface area contributed by atoms with E-state index in [1.54, 1.807) is 17.9 Å². The molecule has 186 valence electrons. The number of amides is 3. The Bertz CT molecular complexity index is 1190. The van der Waals surface area contributed by atoms with Crippen LogP contribution in [0, 0.1) is 6.92 Å². The molecule has 0 unspecified atom stereocenters. The highest BCUT2D eigenvalue weighted by Gasteiger charge is 2.24. The van der Waals surface area contributed by atoms with E-state index in [9.17, 15) is 9.59 Å². The van der Waals surface area contributed by atoms with Gasteiger partial charge in [0.05, 0.1) is 23.0 Å². The van der Waals surface area contributed by atoms with Crippen molar-refractivity contribution in [3.05, 3.63) is 70.9 Å². The summed E-state index contributed by atoms with van der Waals surface area (Å²) in [6.07, 6.45) is 0. The number of rotatable bonds is 8. The molecular formula is C26H32ClN5O3. The first-order chi connectivity index (χ1) is 16.6. The third-order valence-electron chi connectivity index (χ3n) is 5.40. The first-order valence-electron chi connectivity index (χ1n) is 11.4. The zero-order valence-electron chi connectivity index (χ0n) is 20.8. The predicted octanol–water partition coefficient (Wildman–Crippen LogP) is 5.25. The highest BCUT2D eigenvalue weighted by molar-refractivity contribution is 6.32. The minimum atomic E-state index is -0.388. The summed E-state index contributed by atoms with van der Waals surface area (Å²) < 4.78 is 6.76. The van der Waals surface area contributed by atoms with Crippen LogP contribution < -0.4 is 10.6 Å². The number of nitrogens with zero attached hydrogens (tertiary/aromatic N) is 3. The highest BCUT2D eigenvalue weighted by atomic mass is 35.5. The fourth-order valence-electron chi connectivity index (χ4n) is 3.36. The molecule has 9 heteroatoms. The number of carbonyl (C=O) groups excluding carboxylic acids is 2. The summed E-state index contributed by atoms with van der Waals surface area (Å²) in [4.78, 5) is 27.5. The molecule has 1 heterocycles. The van der Waals surface area contributed by atoms with Crippen molar-refractivity contribution in [2.24, 2.45) is 0 Å². The smallest absolute Gasteiger partial charge is 0.322 e. The number of hydrogen-bond donors (Lipinski definition) is 2. The number of hydrogen-bond acceptors (Lipinski definition) is 4. The Morgan fingerprint density at radius 2 is 1.77 bits per heavy atom. The SMILES string of the molecule is COCCN(CC(=O)Nc1cc(C(C)(C)C)nn1-c1ccccc1Cl)C(=O)Nc1ccccc1C. The van der Waals surface area contributed by atoms with Crippen molar-refractivity contribution in [2.45, 2.75) is 33.1 Å². The number of anilines is 2. The van der Waals surface area contributed by atoms with Gasteiger partial charge in [0.25, 0.3) is 0 Å². The molecule has 0 atom stereocenters. The van der Waals surface area contributed by atoms with Crippen LogP contribution in [-0.4, -0.2) is 53.4 Å². The van der Waals surface area contributed by atoms with Crippen LogP contribution in [0.2, 0.25) is 5.02 Å². The molecule has 1 aromatic heterocycles. The van der Waals surface area contributed by atoms with Crippen molar-refractivity contribution in [3.8, 4) is 5.69 Å². The van der Waals surface area contributed by atoms with Gasteiger partial charge < -0.3 is 20.3 Å². The lowest BCUT2D eigenvalue weighted by Gasteiger charge is -2.23. The minimum Gasteiger partial charge on any atom is -0.383 e. The van der Waals surface area contributed by atoms with E-state index in [0.29, 0.717) is 28.8 Å². The third-order valence-corrected chi connectivity index (χ3v) is 5.72. The second kappa shape index (κ2) is 11.4. The summed E-state index contributed by atoms with van der Waals surface area (Å²) in [5.41, 5.74) is 2.81. The van der Waals surface area contributed by atoms with Crippen molar-refractivity contribution < 1.29 is 14.3 Å². The Morgan fingerprint density at radius 3 is 2.43 bits per heavy atom. The molecule has 0 fully saturated rings. The topological polar surface area (TPSA) is 88.5 Å². The van der Waals surface area contributed by atoms with E-state index in [2.05, 4.69) is 10.6 Å². The van der Waals surface area contributed by atoms with Gasteiger partial charge in [-0.3, -0.25) is 4.79 Å². The molecule has 3 amide bonds. The summed E-state index contributed by atoms with van der Waals surface area (Å²) in [5.74, 6) is 0.105. The van der Waals surface area contributed by atoms with Gasteiger partial charge >= 0.3 is 6.03 Å². The molecular weight excluding hydrogens is 466 g/mol. The quantitative estimate of drug-likeness (QED) is 0.445. The molecule has 8 nitrogen and oxygen atoms in total. The zero-order chi connectivity index (χ0) is 25.6. The Morgan fingerprint density at radius 1 is 1.09 bits per heavy atom. The number of carbonyl (C=O) groups is 2. The monoisotopic (exact) mass is 497 g/mol. The van der Waals surface area contributed by atoms with Crippen LogP contribution in [0.5, 0.6) is 0 Å². The van der Waals surface area contributed by atoms with Crippen LogP contribution >= 0.6 is 11.6 Å². The number of nitrogens with one attached hydrogen (secondary N) is 2. The number of para-hydroxylation sites is 2. The van der Waals surface area contributed by atoms with Crippen LogP contribution in [-0.2, 0) is 14.9 Å². The maximum absolute atomic E-state index is 13.1. The molecule has 0 radical (unpaired) electrons. The molecule has 3 aromatic rings. The number of halogens is 1. The van der Waals surface area contributed by atoms with Gasteiger partial charge in [-0.2, -0.15) is 5.10 Å². The highest BCUT2D eigenvalue weighted by Crippen LogP contribution is 2.29. The number of methoxy groups -OCH3 is 1. The molecule has 0 bridgehead atoms. The van der Waals surface area contributed by atoms with E-state index in [4.69, 9.17) is 21.4 Å². The van der Waals surface area contributed by atoms with Gasteiger partial charge in [-0.1, -0.05) is 62.7 Å². The van der Waals surface area contributed by atoms with Gasteiger partial charge in [0.15, 0.2) is 0 Å². The summed E-state index contributed by atoms with van der Waals surface area (Å²) in [6.45, 7) is 8.41. The normalized spacial score (nSPS) is 11.3. The van der Waals surface area contributed by atoms with Gasteiger partial charge in [-0.05, 0) is 30.7 Å². The average Bonchev–Trinajstić information content (AvgIpc) is 3.22. The zero-order valence-corrected chi connectivity index (χ0v) is 21.5. The Labute approximate surface area is 211 Å². The van der Waals surface area contributed by atoms with Gasteiger partial charge in [-0.25, -0.2) is 9.48 Å². The second-order valence-corrected chi connectivity index (χ2v) is 9.64. The summed E-state index contributed by atoms with van der Waals surface area (Å²) in [5, 5.41) is 11.0. The maximum atomic E-state index is 13.1. The lowest BCUT2D eigenvalue weighted by molar-refractivity contribution is -0.116. The number of aromatic nitrogens is 2.